The molecule has 0 aromatic heterocycles. The number of nitrogens with two attached hydrogens (primary N) is 1. The summed E-state index contributed by atoms with van der Waals surface area (Å²) in [6, 6.07) is 11.4. The zero-order valence-corrected chi connectivity index (χ0v) is 11.5. The molecule has 0 saturated carbocycles. The number of rotatable bonds is 4. The lowest BCUT2D eigenvalue weighted by molar-refractivity contribution is -0.385. The third-order valence-corrected chi connectivity index (χ3v) is 3.08. The van der Waals surface area contributed by atoms with Crippen molar-refractivity contribution in [3.8, 4) is 0 Å². The molecule has 0 atom stereocenters. The van der Waals surface area contributed by atoms with Crippen molar-refractivity contribution in [3.63, 3.8) is 0 Å². The molecule has 108 valence electrons. The molecule has 2 aromatic rings. The molecule has 0 bridgehead atoms. The van der Waals surface area contributed by atoms with Gasteiger partial charge in [-0.2, -0.15) is 0 Å². The van der Waals surface area contributed by atoms with Gasteiger partial charge in [-0.3, -0.25) is 14.9 Å². The second-order valence-electron chi connectivity index (χ2n) is 4.66. The van der Waals surface area contributed by atoms with Crippen LogP contribution in [0.5, 0.6) is 0 Å². The smallest absolute Gasteiger partial charge is 0.274 e. The molecule has 0 spiro atoms. The van der Waals surface area contributed by atoms with E-state index in [9.17, 15) is 14.9 Å². The third-order valence-electron chi connectivity index (χ3n) is 3.08. The van der Waals surface area contributed by atoms with Crippen LogP contribution in [0.3, 0.4) is 0 Å². The highest BCUT2D eigenvalue weighted by Crippen LogP contribution is 2.18. The Kier molecular flexibility index (Phi) is 4.18. The molecule has 6 heteroatoms. The van der Waals surface area contributed by atoms with Gasteiger partial charge in [0.05, 0.1) is 10.5 Å². The average molecular weight is 285 g/mol. The van der Waals surface area contributed by atoms with Crippen LogP contribution in [0.2, 0.25) is 0 Å². The van der Waals surface area contributed by atoms with Crippen molar-refractivity contribution < 1.29 is 9.72 Å². The number of nitrogens with one attached hydrogen (secondary N) is 1. The number of aryl methyl sites for hydroxylation is 1. The fourth-order valence-electron chi connectivity index (χ4n) is 2.00. The molecule has 21 heavy (non-hydrogen) atoms. The minimum Gasteiger partial charge on any atom is -0.398 e. The first kappa shape index (κ1) is 14.5. The molecule has 0 unspecified atom stereocenters. The molecule has 0 fully saturated rings. The van der Waals surface area contributed by atoms with Gasteiger partial charge in [0.2, 0.25) is 0 Å². The van der Waals surface area contributed by atoms with Gasteiger partial charge in [-0.15, -0.1) is 0 Å². The van der Waals surface area contributed by atoms with Crippen molar-refractivity contribution in [2.45, 2.75) is 13.5 Å². The fraction of sp³-hybridized carbons (Fsp3) is 0.133. The Labute approximate surface area is 121 Å². The molecule has 2 aromatic carbocycles. The molecule has 6 nitrogen and oxygen atoms in total. The summed E-state index contributed by atoms with van der Waals surface area (Å²) in [5, 5.41) is 13.5. The highest BCUT2D eigenvalue weighted by Gasteiger charge is 2.14. The van der Waals surface area contributed by atoms with Crippen molar-refractivity contribution in [2.24, 2.45) is 0 Å². The molecule has 2 rings (SSSR count). The van der Waals surface area contributed by atoms with E-state index in [4.69, 9.17) is 5.73 Å². The number of nitrogen functional groups attached to an aromatic ring is 1. The van der Waals surface area contributed by atoms with E-state index in [1.165, 1.54) is 6.07 Å². The molecule has 3 N–H and O–H groups in total. The second-order valence-corrected chi connectivity index (χ2v) is 4.66. The Morgan fingerprint density at radius 1 is 1.29 bits per heavy atom. The molecule has 0 aliphatic heterocycles. The normalized spacial score (nSPS) is 10.1. The number of hydrogen-bond donors (Lipinski definition) is 2. The second kappa shape index (κ2) is 6.04. The zero-order valence-electron chi connectivity index (χ0n) is 11.5. The van der Waals surface area contributed by atoms with Crippen LogP contribution in [0.15, 0.2) is 42.5 Å². The fourth-order valence-corrected chi connectivity index (χ4v) is 2.00. The predicted octanol–water partition coefficient (Wildman–Crippen LogP) is 2.42. The van der Waals surface area contributed by atoms with E-state index < -0.39 is 4.92 Å². The Morgan fingerprint density at radius 3 is 2.67 bits per heavy atom. The first-order valence-corrected chi connectivity index (χ1v) is 6.35. The predicted molar refractivity (Wildman–Crippen MR) is 79.9 cm³/mol. The average Bonchev–Trinajstić information content (AvgIpc) is 2.45. The summed E-state index contributed by atoms with van der Waals surface area (Å²) in [6.45, 7) is 1.95. The monoisotopic (exact) mass is 285 g/mol. The highest BCUT2D eigenvalue weighted by molar-refractivity contribution is 5.99. The Hall–Kier alpha value is -2.89. The minimum atomic E-state index is -0.471. The lowest BCUT2D eigenvalue weighted by atomic mass is 10.1. The van der Waals surface area contributed by atoms with Crippen molar-refractivity contribution in [2.75, 3.05) is 5.73 Å². The lowest BCUT2D eigenvalue weighted by Crippen LogP contribution is -2.24. The van der Waals surface area contributed by atoms with Crippen molar-refractivity contribution >= 4 is 17.3 Å². The number of carbonyl (C=O) groups is 1. The maximum Gasteiger partial charge on any atom is 0.274 e. The van der Waals surface area contributed by atoms with Gasteiger partial charge in [0.1, 0.15) is 0 Å². The molecule has 0 aliphatic rings. The number of carbonyl (C=O) groups excluding carboxylic acids is 1. The lowest BCUT2D eigenvalue weighted by Gasteiger charge is -2.08. The first-order chi connectivity index (χ1) is 9.99. The van der Waals surface area contributed by atoms with Gasteiger partial charge in [-0.1, -0.05) is 24.3 Å². The highest BCUT2D eigenvalue weighted by atomic mass is 16.6. The van der Waals surface area contributed by atoms with Gasteiger partial charge in [-0.25, -0.2) is 0 Å². The summed E-state index contributed by atoms with van der Waals surface area (Å²) >= 11 is 0. The number of hydrogen-bond acceptors (Lipinski definition) is 4. The van der Waals surface area contributed by atoms with Crippen LogP contribution in [0, 0.1) is 17.0 Å². The van der Waals surface area contributed by atoms with Gasteiger partial charge >= 0.3 is 0 Å². The Morgan fingerprint density at radius 2 is 2.00 bits per heavy atom. The van der Waals surface area contributed by atoms with Crippen molar-refractivity contribution in [1.82, 2.24) is 5.32 Å². The van der Waals surface area contributed by atoms with Crippen LogP contribution in [-0.2, 0) is 6.54 Å². The minimum absolute atomic E-state index is 0.0188. The topological polar surface area (TPSA) is 98.3 Å². The van der Waals surface area contributed by atoms with Crippen LogP contribution in [-0.4, -0.2) is 10.8 Å². The van der Waals surface area contributed by atoms with E-state index in [0.29, 0.717) is 16.8 Å². The summed E-state index contributed by atoms with van der Waals surface area (Å²) in [6.07, 6.45) is 0. The molecule has 0 radical (unpaired) electrons. The van der Waals surface area contributed by atoms with Crippen molar-refractivity contribution in [1.29, 1.82) is 0 Å². The first-order valence-electron chi connectivity index (χ1n) is 6.35. The van der Waals surface area contributed by atoms with Crippen LogP contribution in [0.4, 0.5) is 11.4 Å². The standard InChI is InChI=1S/C15H15N3O3/c1-10-6-7-12(13(16)8-10)15(19)17-9-11-4-2-3-5-14(11)18(20)21/h2-8H,9,16H2,1H3,(H,17,19). The Balaban J connectivity index is 2.13. The van der Waals surface area contributed by atoms with E-state index in [2.05, 4.69) is 5.32 Å². The maximum atomic E-state index is 12.1. The van der Waals surface area contributed by atoms with Crippen LogP contribution >= 0.6 is 0 Å². The van der Waals surface area contributed by atoms with Gasteiger partial charge in [0.15, 0.2) is 0 Å². The summed E-state index contributed by atoms with van der Waals surface area (Å²) in [5.74, 6) is -0.356. The quantitative estimate of drug-likeness (QED) is 0.512. The summed E-state index contributed by atoms with van der Waals surface area (Å²) in [7, 11) is 0. The van der Waals surface area contributed by atoms with E-state index in [0.717, 1.165) is 5.56 Å². The summed E-state index contributed by atoms with van der Waals surface area (Å²) in [5.41, 5.74) is 7.93. The van der Waals surface area contributed by atoms with E-state index in [-0.39, 0.29) is 18.1 Å². The number of nitrogens with zero attached hydrogens (tertiary/aromatic N) is 1. The number of para-hydroxylation sites is 1. The van der Waals surface area contributed by atoms with Gasteiger partial charge in [0, 0.05) is 23.9 Å². The molecular formula is C15H15N3O3. The van der Waals surface area contributed by atoms with Gasteiger partial charge in [-0.05, 0) is 24.6 Å². The SMILES string of the molecule is Cc1ccc(C(=O)NCc2ccccc2[N+](=O)[O-])c(N)c1. The number of benzene rings is 2. The van der Waals surface area contributed by atoms with Gasteiger partial charge in [0.25, 0.3) is 11.6 Å². The molecule has 0 saturated heterocycles. The molecule has 0 heterocycles. The van der Waals surface area contributed by atoms with Crippen LogP contribution < -0.4 is 11.1 Å². The van der Waals surface area contributed by atoms with Crippen LogP contribution in [0.25, 0.3) is 0 Å². The number of anilines is 1. The third kappa shape index (κ3) is 3.36. The molecular weight excluding hydrogens is 270 g/mol. The van der Waals surface area contributed by atoms with E-state index >= 15 is 0 Å². The summed E-state index contributed by atoms with van der Waals surface area (Å²) in [4.78, 5) is 22.5. The number of nitro groups is 1. The zero-order chi connectivity index (χ0) is 15.4. The van der Waals surface area contributed by atoms with E-state index in [1.807, 2.05) is 6.92 Å². The summed E-state index contributed by atoms with van der Waals surface area (Å²) < 4.78 is 0. The molecule has 1 amide bonds. The Bertz CT molecular complexity index is 698. The van der Waals surface area contributed by atoms with Crippen molar-refractivity contribution in [3.05, 3.63) is 69.3 Å². The van der Waals surface area contributed by atoms with E-state index in [1.54, 1.807) is 36.4 Å². The number of nitro benzene ring substituents is 1. The number of amides is 1. The largest absolute Gasteiger partial charge is 0.398 e. The molecule has 0 aliphatic carbocycles. The maximum absolute atomic E-state index is 12.1. The van der Waals surface area contributed by atoms with Gasteiger partial charge < -0.3 is 11.1 Å². The van der Waals surface area contributed by atoms with Crippen LogP contribution in [0.1, 0.15) is 21.5 Å².